The first kappa shape index (κ1) is 19.2. The van der Waals surface area contributed by atoms with E-state index in [0.717, 1.165) is 48.9 Å². The van der Waals surface area contributed by atoms with Gasteiger partial charge in [0.2, 0.25) is 5.91 Å². The summed E-state index contributed by atoms with van der Waals surface area (Å²) in [6.07, 6.45) is 1.53. The van der Waals surface area contributed by atoms with Crippen molar-refractivity contribution in [1.29, 1.82) is 0 Å². The Morgan fingerprint density at radius 2 is 1.65 bits per heavy atom. The molecule has 1 fully saturated rings. The van der Waals surface area contributed by atoms with Crippen molar-refractivity contribution in [3.8, 4) is 11.3 Å². The summed E-state index contributed by atoms with van der Waals surface area (Å²) in [5.41, 5.74) is 2.75. The van der Waals surface area contributed by atoms with Gasteiger partial charge in [-0.3, -0.25) is 9.69 Å². The molecule has 8 heteroatoms. The summed E-state index contributed by atoms with van der Waals surface area (Å²) in [7, 11) is 0. The maximum atomic E-state index is 12.4. The van der Waals surface area contributed by atoms with Crippen molar-refractivity contribution in [3.63, 3.8) is 0 Å². The van der Waals surface area contributed by atoms with Crippen LogP contribution in [0.25, 0.3) is 17.0 Å². The topological polar surface area (TPSA) is 78.7 Å². The Bertz CT molecular complexity index is 1170. The highest BCUT2D eigenvalue weighted by Gasteiger charge is 2.22. The van der Waals surface area contributed by atoms with E-state index in [-0.39, 0.29) is 5.91 Å². The molecule has 4 aromatic rings. The van der Waals surface area contributed by atoms with Gasteiger partial charge in [-0.05, 0) is 12.1 Å². The summed E-state index contributed by atoms with van der Waals surface area (Å²) in [6.45, 7) is 3.56. The average Bonchev–Trinajstić information content (AvgIpc) is 3.29. The van der Waals surface area contributed by atoms with Crippen molar-refractivity contribution in [3.05, 3.63) is 73.1 Å². The van der Waals surface area contributed by atoms with E-state index < -0.39 is 0 Å². The molecule has 0 aliphatic carbocycles. The SMILES string of the molecule is O=C(CN1CCN(c2cc(-c3ccccc3)nc3ncnn23)CC1)Nc1ccccc1. The van der Waals surface area contributed by atoms with Gasteiger partial charge in [-0.25, -0.2) is 4.98 Å². The van der Waals surface area contributed by atoms with Crippen molar-refractivity contribution >= 4 is 23.2 Å². The van der Waals surface area contributed by atoms with Crippen LogP contribution in [0, 0.1) is 0 Å². The third-order valence-corrected chi connectivity index (χ3v) is 5.42. The number of aromatic nitrogens is 4. The molecule has 2 aromatic heterocycles. The van der Waals surface area contributed by atoms with Crippen molar-refractivity contribution in [2.24, 2.45) is 0 Å². The molecule has 156 valence electrons. The molecule has 0 saturated carbocycles. The molecular weight excluding hydrogens is 390 g/mol. The molecule has 3 heterocycles. The first-order valence-corrected chi connectivity index (χ1v) is 10.3. The van der Waals surface area contributed by atoms with Crippen LogP contribution in [0.5, 0.6) is 0 Å². The van der Waals surface area contributed by atoms with E-state index in [1.165, 1.54) is 6.33 Å². The van der Waals surface area contributed by atoms with E-state index in [0.29, 0.717) is 12.3 Å². The number of para-hydroxylation sites is 1. The summed E-state index contributed by atoms with van der Waals surface area (Å²) in [4.78, 5) is 25.8. The standard InChI is InChI=1S/C23H23N7O/c31-21(26-19-9-5-2-6-10-19)16-28-11-13-29(14-12-28)22-15-20(18-7-3-1-4-8-18)27-23-24-17-25-30(22)23/h1-10,15,17H,11-14,16H2,(H,26,31). The van der Waals surface area contributed by atoms with E-state index in [9.17, 15) is 4.79 Å². The number of nitrogens with zero attached hydrogens (tertiary/aromatic N) is 6. The first-order valence-electron chi connectivity index (χ1n) is 10.3. The Morgan fingerprint density at radius 3 is 2.39 bits per heavy atom. The Morgan fingerprint density at radius 1 is 0.935 bits per heavy atom. The van der Waals surface area contributed by atoms with E-state index in [1.807, 2.05) is 60.7 Å². The van der Waals surface area contributed by atoms with Crippen LogP contribution >= 0.6 is 0 Å². The molecule has 1 saturated heterocycles. The molecule has 0 spiro atoms. The van der Waals surface area contributed by atoms with Crippen LogP contribution < -0.4 is 10.2 Å². The number of carbonyl (C=O) groups excluding carboxylic acids is 1. The van der Waals surface area contributed by atoms with Gasteiger partial charge in [-0.1, -0.05) is 48.5 Å². The normalized spacial score (nSPS) is 14.6. The fourth-order valence-electron chi connectivity index (χ4n) is 3.84. The zero-order chi connectivity index (χ0) is 21.0. The summed E-state index contributed by atoms with van der Waals surface area (Å²) < 4.78 is 1.78. The van der Waals surface area contributed by atoms with Crippen molar-refractivity contribution in [2.75, 3.05) is 42.9 Å². The van der Waals surface area contributed by atoms with E-state index in [4.69, 9.17) is 0 Å². The minimum Gasteiger partial charge on any atom is -0.354 e. The van der Waals surface area contributed by atoms with Crippen LogP contribution in [-0.4, -0.2) is 63.1 Å². The predicted molar refractivity (Wildman–Crippen MR) is 120 cm³/mol. The van der Waals surface area contributed by atoms with Crippen LogP contribution in [0.2, 0.25) is 0 Å². The van der Waals surface area contributed by atoms with Crippen LogP contribution in [-0.2, 0) is 4.79 Å². The molecule has 1 aliphatic rings. The lowest BCUT2D eigenvalue weighted by molar-refractivity contribution is -0.117. The summed E-state index contributed by atoms with van der Waals surface area (Å²) in [5, 5.41) is 7.32. The fraction of sp³-hybridized carbons (Fsp3) is 0.217. The van der Waals surface area contributed by atoms with Gasteiger partial charge in [-0.2, -0.15) is 14.6 Å². The molecule has 31 heavy (non-hydrogen) atoms. The molecule has 1 aliphatic heterocycles. The predicted octanol–water partition coefficient (Wildman–Crippen LogP) is 2.55. The van der Waals surface area contributed by atoms with Crippen LogP contribution in [0.15, 0.2) is 73.1 Å². The van der Waals surface area contributed by atoms with E-state index in [2.05, 4.69) is 36.2 Å². The molecule has 5 rings (SSSR count). The Balaban J connectivity index is 1.28. The maximum Gasteiger partial charge on any atom is 0.254 e. The second kappa shape index (κ2) is 8.53. The van der Waals surface area contributed by atoms with E-state index >= 15 is 0 Å². The number of anilines is 2. The first-order chi connectivity index (χ1) is 15.3. The number of rotatable bonds is 5. The average molecular weight is 413 g/mol. The Kier molecular flexibility index (Phi) is 5.28. The largest absolute Gasteiger partial charge is 0.354 e. The van der Waals surface area contributed by atoms with Gasteiger partial charge in [0, 0.05) is 43.5 Å². The third kappa shape index (κ3) is 4.24. The highest BCUT2D eigenvalue weighted by atomic mass is 16.2. The Hall–Kier alpha value is -3.78. The number of hydrogen-bond acceptors (Lipinski definition) is 6. The van der Waals surface area contributed by atoms with Crippen molar-refractivity contribution in [2.45, 2.75) is 0 Å². The molecule has 1 amide bonds. The number of piperazine rings is 1. The summed E-state index contributed by atoms with van der Waals surface area (Å²) in [6, 6.07) is 21.7. The number of fused-ring (bicyclic) bond motifs is 1. The van der Waals surface area contributed by atoms with Crippen LogP contribution in [0.4, 0.5) is 11.5 Å². The monoisotopic (exact) mass is 413 g/mol. The number of benzene rings is 2. The van der Waals surface area contributed by atoms with Gasteiger partial charge in [0.25, 0.3) is 5.78 Å². The van der Waals surface area contributed by atoms with Crippen LogP contribution in [0.3, 0.4) is 0 Å². The summed E-state index contributed by atoms with van der Waals surface area (Å²) >= 11 is 0. The second-order valence-electron chi connectivity index (χ2n) is 7.51. The lowest BCUT2D eigenvalue weighted by Crippen LogP contribution is -2.49. The van der Waals surface area contributed by atoms with Gasteiger partial charge in [0.15, 0.2) is 0 Å². The van der Waals surface area contributed by atoms with E-state index in [1.54, 1.807) is 4.52 Å². The molecular formula is C23H23N7O. The van der Waals surface area contributed by atoms with Gasteiger partial charge < -0.3 is 10.2 Å². The lowest BCUT2D eigenvalue weighted by atomic mass is 10.1. The smallest absolute Gasteiger partial charge is 0.254 e. The highest BCUT2D eigenvalue weighted by Crippen LogP contribution is 2.24. The summed E-state index contributed by atoms with van der Waals surface area (Å²) in [5.74, 6) is 1.56. The molecule has 0 atom stereocenters. The van der Waals surface area contributed by atoms with Gasteiger partial charge >= 0.3 is 0 Å². The third-order valence-electron chi connectivity index (χ3n) is 5.42. The molecule has 2 aromatic carbocycles. The number of amides is 1. The number of nitrogens with one attached hydrogen (secondary N) is 1. The number of hydrogen-bond donors (Lipinski definition) is 1. The van der Waals surface area contributed by atoms with Crippen LogP contribution in [0.1, 0.15) is 0 Å². The Labute approximate surface area is 180 Å². The highest BCUT2D eigenvalue weighted by molar-refractivity contribution is 5.92. The van der Waals surface area contributed by atoms with Gasteiger partial charge in [-0.15, -0.1) is 0 Å². The maximum absolute atomic E-state index is 12.4. The minimum atomic E-state index is 0.00796. The zero-order valence-corrected chi connectivity index (χ0v) is 17.1. The molecule has 0 bridgehead atoms. The van der Waals surface area contributed by atoms with Crippen molar-refractivity contribution in [1.82, 2.24) is 24.5 Å². The van der Waals surface area contributed by atoms with Gasteiger partial charge in [0.05, 0.1) is 12.2 Å². The fourth-order valence-corrected chi connectivity index (χ4v) is 3.84. The van der Waals surface area contributed by atoms with Gasteiger partial charge in [0.1, 0.15) is 12.1 Å². The lowest BCUT2D eigenvalue weighted by Gasteiger charge is -2.35. The molecule has 0 unspecified atom stereocenters. The zero-order valence-electron chi connectivity index (χ0n) is 17.1. The number of carbonyl (C=O) groups is 1. The minimum absolute atomic E-state index is 0.00796. The second-order valence-corrected chi connectivity index (χ2v) is 7.51. The quantitative estimate of drug-likeness (QED) is 0.542. The molecule has 1 N–H and O–H groups in total. The van der Waals surface area contributed by atoms with Crippen molar-refractivity contribution < 1.29 is 4.79 Å². The molecule has 8 nitrogen and oxygen atoms in total. The molecule has 0 radical (unpaired) electrons.